The van der Waals surface area contributed by atoms with Crippen LogP contribution < -0.4 is 16.4 Å². The molecule has 1 spiro atoms. The molecule has 8 nitrogen and oxygen atoms in total. The molecule has 0 saturated carbocycles. The Hall–Kier alpha value is -2.94. The Bertz CT molecular complexity index is 1250. The van der Waals surface area contributed by atoms with Crippen LogP contribution in [0.2, 0.25) is 10.0 Å². The molecule has 3 aliphatic rings. The van der Waals surface area contributed by atoms with Crippen molar-refractivity contribution in [2.24, 2.45) is 17.6 Å². The highest BCUT2D eigenvalue weighted by molar-refractivity contribution is 6.31. The van der Waals surface area contributed by atoms with E-state index in [0.717, 1.165) is 10.5 Å². The fourth-order valence-corrected chi connectivity index (χ4v) is 5.91. The Balaban J connectivity index is 1.64. The van der Waals surface area contributed by atoms with Gasteiger partial charge in [0.15, 0.2) is 0 Å². The first-order chi connectivity index (χ1) is 15.6. The summed E-state index contributed by atoms with van der Waals surface area (Å²) in [5, 5.41) is 6.80. The van der Waals surface area contributed by atoms with E-state index >= 15 is 0 Å². The molecule has 0 aromatic heterocycles. The maximum atomic E-state index is 13.7. The predicted molar refractivity (Wildman–Crippen MR) is 121 cm³/mol. The van der Waals surface area contributed by atoms with E-state index in [-0.39, 0.29) is 13.0 Å². The largest absolute Gasteiger partial charge is 0.370 e. The van der Waals surface area contributed by atoms with Crippen LogP contribution in [0.4, 0.5) is 5.69 Å². The number of benzene rings is 2. The number of fused-ring (bicyclic) bond motifs is 4. The van der Waals surface area contributed by atoms with Gasteiger partial charge in [-0.25, -0.2) is 0 Å². The number of amides is 4. The summed E-state index contributed by atoms with van der Waals surface area (Å²) in [6.45, 7) is 1.76. The van der Waals surface area contributed by atoms with Crippen molar-refractivity contribution in [1.29, 1.82) is 0 Å². The molecule has 10 heteroatoms. The number of likely N-dealkylation sites (tertiary alicyclic amines) is 1. The minimum Gasteiger partial charge on any atom is -0.370 e. The van der Waals surface area contributed by atoms with Gasteiger partial charge in [-0.05, 0) is 36.2 Å². The molecule has 2 aromatic rings. The lowest BCUT2D eigenvalue weighted by atomic mass is 9.76. The van der Waals surface area contributed by atoms with E-state index in [4.69, 9.17) is 28.9 Å². The minimum absolute atomic E-state index is 0.0350. The molecule has 2 fully saturated rings. The van der Waals surface area contributed by atoms with E-state index in [1.165, 1.54) is 0 Å². The molecule has 4 amide bonds. The maximum absolute atomic E-state index is 13.7. The van der Waals surface area contributed by atoms with Gasteiger partial charge in [0.05, 0.1) is 18.4 Å². The second-order valence-electron chi connectivity index (χ2n) is 8.69. The van der Waals surface area contributed by atoms with E-state index in [0.29, 0.717) is 26.9 Å². The molecule has 4 N–H and O–H groups in total. The minimum atomic E-state index is -1.54. The normalized spacial score (nSPS) is 27.8. The van der Waals surface area contributed by atoms with Gasteiger partial charge >= 0.3 is 0 Å². The number of hydrogen-bond donors (Lipinski definition) is 3. The van der Waals surface area contributed by atoms with Crippen LogP contribution in [-0.2, 0) is 31.3 Å². The number of imide groups is 1. The van der Waals surface area contributed by atoms with E-state index in [9.17, 15) is 19.2 Å². The lowest BCUT2D eigenvalue weighted by molar-refractivity contribution is -0.143. The SMILES string of the molecule is Cc1cc(Cl)cc2c1NC(=O)[C@@]21N[C@@H](CC(N)=O)[C@H]2C(=O)N(Cc3ccccc3Cl)C(=O)[C@H]21. The Kier molecular flexibility index (Phi) is 5.00. The zero-order valence-electron chi connectivity index (χ0n) is 17.5. The van der Waals surface area contributed by atoms with Crippen molar-refractivity contribution >= 4 is 52.5 Å². The first-order valence-corrected chi connectivity index (χ1v) is 11.2. The van der Waals surface area contributed by atoms with Crippen molar-refractivity contribution < 1.29 is 19.2 Å². The molecule has 170 valence electrons. The van der Waals surface area contributed by atoms with Gasteiger partial charge in [-0.1, -0.05) is 41.4 Å². The summed E-state index contributed by atoms with van der Waals surface area (Å²) in [6, 6.07) is 9.45. The summed E-state index contributed by atoms with van der Waals surface area (Å²) < 4.78 is 0. The van der Waals surface area contributed by atoms with Crippen LogP contribution in [0.15, 0.2) is 36.4 Å². The van der Waals surface area contributed by atoms with E-state index in [1.54, 1.807) is 43.3 Å². The molecule has 2 aromatic carbocycles. The fraction of sp³-hybridized carbons (Fsp3) is 0.304. The fourth-order valence-electron chi connectivity index (χ4n) is 5.44. The number of halogens is 2. The molecule has 0 unspecified atom stereocenters. The van der Waals surface area contributed by atoms with Crippen molar-refractivity contribution in [3.05, 3.63) is 63.1 Å². The number of aryl methyl sites for hydroxylation is 1. The summed E-state index contributed by atoms with van der Waals surface area (Å²) in [4.78, 5) is 53.6. The van der Waals surface area contributed by atoms with Crippen LogP contribution in [0.5, 0.6) is 0 Å². The average Bonchev–Trinajstić information content (AvgIpc) is 3.30. The van der Waals surface area contributed by atoms with Crippen molar-refractivity contribution in [2.75, 3.05) is 5.32 Å². The topological polar surface area (TPSA) is 122 Å². The first kappa shape index (κ1) is 21.9. The number of nitrogens with one attached hydrogen (secondary N) is 2. The summed E-state index contributed by atoms with van der Waals surface area (Å²) >= 11 is 12.6. The molecule has 5 rings (SSSR count). The molecule has 0 radical (unpaired) electrons. The standard InChI is InChI=1S/C23H20Cl2N4O4/c1-10-6-12(24)7-13-19(10)27-22(33)23(13)18-17(15(28-23)8-16(26)30)20(31)29(21(18)32)9-11-4-2-3-5-14(11)25/h2-7,15,17-18,28H,8-9H2,1H3,(H2,26,30)(H,27,33)/t15-,17+,18-,23+/m0/s1. The summed E-state index contributed by atoms with van der Waals surface area (Å²) in [7, 11) is 0. The number of primary amides is 1. The van der Waals surface area contributed by atoms with E-state index < -0.39 is 47.0 Å². The lowest BCUT2D eigenvalue weighted by Gasteiger charge is -2.29. The second kappa shape index (κ2) is 7.55. The highest BCUT2D eigenvalue weighted by Gasteiger charge is 2.70. The number of carbonyl (C=O) groups is 4. The molecule has 3 heterocycles. The van der Waals surface area contributed by atoms with E-state index in [1.807, 2.05) is 0 Å². The van der Waals surface area contributed by atoms with Gasteiger partial charge < -0.3 is 11.1 Å². The average molecular weight is 487 g/mol. The number of rotatable bonds is 4. The second-order valence-corrected chi connectivity index (χ2v) is 9.53. The Morgan fingerprint density at radius 2 is 1.88 bits per heavy atom. The smallest absolute Gasteiger partial charge is 0.250 e. The molecule has 33 heavy (non-hydrogen) atoms. The number of nitrogens with zero attached hydrogens (tertiary/aromatic N) is 1. The monoisotopic (exact) mass is 486 g/mol. The van der Waals surface area contributed by atoms with Crippen LogP contribution in [0.3, 0.4) is 0 Å². The van der Waals surface area contributed by atoms with Crippen LogP contribution in [-0.4, -0.2) is 34.6 Å². The zero-order chi connectivity index (χ0) is 23.7. The van der Waals surface area contributed by atoms with Gasteiger partial charge in [0.2, 0.25) is 23.6 Å². The third-order valence-electron chi connectivity index (χ3n) is 6.78. The summed E-state index contributed by atoms with van der Waals surface area (Å²) in [6.07, 6.45) is -0.204. The highest BCUT2D eigenvalue weighted by Crippen LogP contribution is 2.54. The van der Waals surface area contributed by atoms with Crippen LogP contribution in [0.1, 0.15) is 23.1 Å². The molecule has 0 aliphatic carbocycles. The number of nitrogens with two attached hydrogens (primary N) is 1. The quantitative estimate of drug-likeness (QED) is 0.571. The van der Waals surface area contributed by atoms with Crippen molar-refractivity contribution in [1.82, 2.24) is 10.2 Å². The molecule has 3 aliphatic heterocycles. The lowest BCUT2D eigenvalue weighted by Crippen LogP contribution is -2.53. The number of carbonyl (C=O) groups excluding carboxylic acids is 4. The Morgan fingerprint density at radius 3 is 2.58 bits per heavy atom. The van der Waals surface area contributed by atoms with Crippen LogP contribution >= 0.6 is 23.2 Å². The highest BCUT2D eigenvalue weighted by atomic mass is 35.5. The zero-order valence-corrected chi connectivity index (χ0v) is 19.0. The van der Waals surface area contributed by atoms with Gasteiger partial charge in [0.25, 0.3) is 0 Å². The third-order valence-corrected chi connectivity index (χ3v) is 7.37. The van der Waals surface area contributed by atoms with Crippen LogP contribution in [0, 0.1) is 18.8 Å². The van der Waals surface area contributed by atoms with Crippen molar-refractivity contribution in [2.45, 2.75) is 31.5 Å². The Morgan fingerprint density at radius 1 is 1.15 bits per heavy atom. The van der Waals surface area contributed by atoms with Gasteiger partial charge in [-0.2, -0.15) is 0 Å². The predicted octanol–water partition coefficient (Wildman–Crippen LogP) is 2.10. The summed E-state index contributed by atoms with van der Waals surface area (Å²) in [5.41, 5.74) is 6.26. The number of hydrogen-bond acceptors (Lipinski definition) is 5. The van der Waals surface area contributed by atoms with Gasteiger partial charge in [-0.3, -0.25) is 29.4 Å². The maximum Gasteiger partial charge on any atom is 0.250 e. The Labute approximate surface area is 199 Å². The number of anilines is 1. The third kappa shape index (κ3) is 3.08. The molecule has 4 atom stereocenters. The van der Waals surface area contributed by atoms with Crippen molar-refractivity contribution in [3.8, 4) is 0 Å². The molecular formula is C23H20Cl2N4O4. The molecule has 2 saturated heterocycles. The van der Waals surface area contributed by atoms with E-state index in [2.05, 4.69) is 10.6 Å². The van der Waals surface area contributed by atoms with Gasteiger partial charge in [0, 0.05) is 33.8 Å². The molecular weight excluding hydrogens is 467 g/mol. The first-order valence-electron chi connectivity index (χ1n) is 10.4. The van der Waals surface area contributed by atoms with Gasteiger partial charge in [-0.15, -0.1) is 0 Å². The van der Waals surface area contributed by atoms with Crippen LogP contribution in [0.25, 0.3) is 0 Å². The molecule has 0 bridgehead atoms. The van der Waals surface area contributed by atoms with Crippen molar-refractivity contribution in [3.63, 3.8) is 0 Å². The summed E-state index contributed by atoms with van der Waals surface area (Å²) in [5.74, 6) is -4.09. The van der Waals surface area contributed by atoms with Gasteiger partial charge in [0.1, 0.15) is 5.54 Å².